The first kappa shape index (κ1) is 13.6. The number of hydrogen-bond donors (Lipinski definition) is 0. The van der Waals surface area contributed by atoms with Gasteiger partial charge < -0.3 is 4.42 Å². The van der Waals surface area contributed by atoms with Crippen molar-refractivity contribution in [3.63, 3.8) is 0 Å². The summed E-state index contributed by atoms with van der Waals surface area (Å²) in [7, 11) is 0. The van der Waals surface area contributed by atoms with Gasteiger partial charge in [-0.05, 0) is 34.8 Å². The fraction of sp³-hybridized carbons (Fsp3) is 0.211. The molecule has 2 heteroatoms. The molecule has 0 aliphatic rings. The normalized spacial score (nSPS) is 12.3. The van der Waals surface area contributed by atoms with E-state index in [0.717, 1.165) is 16.7 Å². The molecule has 2 aromatic carbocycles. The number of oxazole rings is 1. The number of nitrogens with zero attached hydrogens (tertiary/aromatic N) is 1. The molecule has 0 aliphatic carbocycles. The molecule has 2 nitrogen and oxygen atoms in total. The number of hydrogen-bond acceptors (Lipinski definition) is 2. The molecular weight excluding hydrogens is 258 g/mol. The van der Waals surface area contributed by atoms with E-state index < -0.39 is 0 Å². The monoisotopic (exact) mass is 277 g/mol. The van der Waals surface area contributed by atoms with E-state index in [4.69, 9.17) is 4.42 Å². The summed E-state index contributed by atoms with van der Waals surface area (Å²) in [4.78, 5) is 4.43. The van der Waals surface area contributed by atoms with Crippen LogP contribution in [0.25, 0.3) is 23.3 Å². The molecule has 3 aromatic rings. The third-order valence-electron chi connectivity index (χ3n) is 3.51. The molecule has 0 spiro atoms. The van der Waals surface area contributed by atoms with Crippen molar-refractivity contribution in [2.75, 3.05) is 0 Å². The van der Waals surface area contributed by atoms with Gasteiger partial charge in [-0.3, -0.25) is 0 Å². The fourth-order valence-electron chi connectivity index (χ4n) is 2.22. The molecular formula is C19H19NO. The summed E-state index contributed by atoms with van der Waals surface area (Å²) >= 11 is 0. The number of fused-ring (bicyclic) bond motifs is 1. The number of aromatic nitrogens is 1. The second-order valence-electron chi connectivity index (χ2n) is 6.23. The van der Waals surface area contributed by atoms with E-state index in [1.807, 2.05) is 36.4 Å². The van der Waals surface area contributed by atoms with Crippen LogP contribution in [0.3, 0.4) is 0 Å². The maximum absolute atomic E-state index is 5.67. The van der Waals surface area contributed by atoms with E-state index in [1.54, 1.807) is 0 Å². The minimum atomic E-state index is 0.183. The Balaban J connectivity index is 1.82. The highest BCUT2D eigenvalue weighted by atomic mass is 16.3. The van der Waals surface area contributed by atoms with Gasteiger partial charge in [-0.2, -0.15) is 0 Å². The van der Waals surface area contributed by atoms with Gasteiger partial charge in [0.05, 0.1) is 0 Å². The molecule has 3 rings (SSSR count). The largest absolute Gasteiger partial charge is 0.437 e. The Labute approximate surface area is 125 Å². The second kappa shape index (κ2) is 5.21. The minimum absolute atomic E-state index is 0.183. The molecule has 0 saturated carbocycles. The van der Waals surface area contributed by atoms with Crippen LogP contribution in [-0.2, 0) is 5.41 Å². The van der Waals surface area contributed by atoms with E-state index in [2.05, 4.69) is 50.0 Å². The summed E-state index contributed by atoms with van der Waals surface area (Å²) < 4.78 is 5.67. The standard InChI is InChI=1S/C19H19NO/c1-19(2,3)15-11-8-14(9-12-15)10-13-18-20-16-6-4-5-7-17(16)21-18/h4-13H,1-3H3/b13-10+. The average Bonchev–Trinajstić information content (AvgIpc) is 2.87. The lowest BCUT2D eigenvalue weighted by atomic mass is 9.87. The van der Waals surface area contributed by atoms with Crippen LogP contribution in [0.1, 0.15) is 37.8 Å². The Morgan fingerprint density at radius 2 is 1.62 bits per heavy atom. The van der Waals surface area contributed by atoms with Crippen LogP contribution in [0.4, 0.5) is 0 Å². The maximum Gasteiger partial charge on any atom is 0.220 e. The Kier molecular flexibility index (Phi) is 3.38. The molecule has 0 saturated heterocycles. The van der Waals surface area contributed by atoms with Crippen LogP contribution in [0.15, 0.2) is 52.9 Å². The second-order valence-corrected chi connectivity index (χ2v) is 6.23. The van der Waals surface area contributed by atoms with Crippen molar-refractivity contribution in [1.82, 2.24) is 4.98 Å². The lowest BCUT2D eigenvalue weighted by Crippen LogP contribution is -2.10. The summed E-state index contributed by atoms with van der Waals surface area (Å²) in [6.45, 7) is 6.66. The summed E-state index contributed by atoms with van der Waals surface area (Å²) in [5, 5.41) is 0. The predicted octanol–water partition coefficient (Wildman–Crippen LogP) is 5.30. The Morgan fingerprint density at radius 3 is 2.29 bits per heavy atom. The van der Waals surface area contributed by atoms with Gasteiger partial charge in [0, 0.05) is 6.08 Å². The number of rotatable bonds is 2. The number of para-hydroxylation sites is 2. The zero-order valence-corrected chi connectivity index (χ0v) is 12.6. The minimum Gasteiger partial charge on any atom is -0.437 e. The first-order chi connectivity index (χ1) is 10.0. The highest BCUT2D eigenvalue weighted by Crippen LogP contribution is 2.23. The molecule has 0 amide bonds. The van der Waals surface area contributed by atoms with Crippen molar-refractivity contribution in [2.45, 2.75) is 26.2 Å². The van der Waals surface area contributed by atoms with Crippen LogP contribution < -0.4 is 0 Å². The molecule has 0 atom stereocenters. The van der Waals surface area contributed by atoms with Gasteiger partial charge in [0.1, 0.15) is 5.52 Å². The van der Waals surface area contributed by atoms with Gasteiger partial charge in [-0.25, -0.2) is 4.98 Å². The molecule has 0 unspecified atom stereocenters. The van der Waals surface area contributed by atoms with Crippen LogP contribution >= 0.6 is 0 Å². The Bertz CT molecular complexity index is 740. The smallest absolute Gasteiger partial charge is 0.220 e. The van der Waals surface area contributed by atoms with Crippen molar-refractivity contribution < 1.29 is 4.42 Å². The highest BCUT2D eigenvalue weighted by molar-refractivity contribution is 5.75. The summed E-state index contributed by atoms with van der Waals surface area (Å²) in [6, 6.07) is 16.4. The highest BCUT2D eigenvalue weighted by Gasteiger charge is 2.12. The van der Waals surface area contributed by atoms with Gasteiger partial charge in [0.25, 0.3) is 0 Å². The van der Waals surface area contributed by atoms with Crippen molar-refractivity contribution in [3.05, 3.63) is 65.5 Å². The topological polar surface area (TPSA) is 26.0 Å². The lowest BCUT2D eigenvalue weighted by Gasteiger charge is -2.18. The van der Waals surface area contributed by atoms with Crippen molar-refractivity contribution in [1.29, 1.82) is 0 Å². The molecule has 1 heterocycles. The van der Waals surface area contributed by atoms with Gasteiger partial charge in [-0.15, -0.1) is 0 Å². The van der Waals surface area contributed by atoms with Crippen LogP contribution in [0.5, 0.6) is 0 Å². The van der Waals surface area contributed by atoms with Gasteiger partial charge in [0.15, 0.2) is 5.58 Å². The zero-order valence-electron chi connectivity index (χ0n) is 12.6. The quantitative estimate of drug-likeness (QED) is 0.635. The molecule has 0 bridgehead atoms. The van der Waals surface area contributed by atoms with E-state index >= 15 is 0 Å². The van der Waals surface area contributed by atoms with E-state index in [1.165, 1.54) is 5.56 Å². The van der Waals surface area contributed by atoms with Crippen molar-refractivity contribution in [2.24, 2.45) is 0 Å². The molecule has 1 aromatic heterocycles. The van der Waals surface area contributed by atoms with Gasteiger partial charge in [0.2, 0.25) is 5.89 Å². The zero-order chi connectivity index (χ0) is 14.9. The Morgan fingerprint density at radius 1 is 0.905 bits per heavy atom. The third-order valence-corrected chi connectivity index (χ3v) is 3.51. The van der Waals surface area contributed by atoms with Gasteiger partial charge in [-0.1, -0.05) is 57.2 Å². The van der Waals surface area contributed by atoms with Crippen LogP contribution in [-0.4, -0.2) is 4.98 Å². The molecule has 0 N–H and O–H groups in total. The first-order valence-corrected chi connectivity index (χ1v) is 7.16. The summed E-state index contributed by atoms with van der Waals surface area (Å²) in [6.07, 6.45) is 3.93. The van der Waals surface area contributed by atoms with Crippen LogP contribution in [0.2, 0.25) is 0 Å². The number of benzene rings is 2. The SMILES string of the molecule is CC(C)(C)c1ccc(/C=C/c2nc3ccccc3o2)cc1. The lowest BCUT2D eigenvalue weighted by molar-refractivity contribution is 0.589. The van der Waals surface area contributed by atoms with Crippen LogP contribution in [0, 0.1) is 0 Å². The van der Waals surface area contributed by atoms with Crippen molar-refractivity contribution in [3.8, 4) is 0 Å². The molecule has 106 valence electrons. The van der Waals surface area contributed by atoms with E-state index in [0.29, 0.717) is 5.89 Å². The first-order valence-electron chi connectivity index (χ1n) is 7.16. The fourth-order valence-corrected chi connectivity index (χ4v) is 2.22. The van der Waals surface area contributed by atoms with E-state index in [-0.39, 0.29) is 5.41 Å². The maximum atomic E-state index is 5.67. The van der Waals surface area contributed by atoms with Crippen molar-refractivity contribution >= 4 is 23.3 Å². The summed E-state index contributed by atoms with van der Waals surface area (Å²) in [5.41, 5.74) is 4.37. The predicted molar refractivity (Wildman–Crippen MR) is 88.1 cm³/mol. The Hall–Kier alpha value is -2.35. The molecule has 0 aliphatic heterocycles. The molecule has 21 heavy (non-hydrogen) atoms. The van der Waals surface area contributed by atoms with Gasteiger partial charge >= 0.3 is 0 Å². The molecule has 0 radical (unpaired) electrons. The third kappa shape index (κ3) is 3.05. The summed E-state index contributed by atoms with van der Waals surface area (Å²) in [5.74, 6) is 0.635. The molecule has 0 fully saturated rings. The average molecular weight is 277 g/mol. The van der Waals surface area contributed by atoms with E-state index in [9.17, 15) is 0 Å².